The van der Waals surface area contributed by atoms with Crippen LogP contribution in [0.4, 0.5) is 13.2 Å². The molecule has 0 bridgehead atoms. The normalized spacial score (nSPS) is 23.3. The third kappa shape index (κ3) is 5.79. The highest BCUT2D eigenvalue weighted by molar-refractivity contribution is 5.83. The molecule has 0 aliphatic carbocycles. The van der Waals surface area contributed by atoms with Gasteiger partial charge in [-0.1, -0.05) is 39.0 Å². The van der Waals surface area contributed by atoms with Crippen molar-refractivity contribution in [2.45, 2.75) is 39.3 Å². The van der Waals surface area contributed by atoms with Crippen LogP contribution < -0.4 is 0 Å². The van der Waals surface area contributed by atoms with Crippen LogP contribution >= 0.6 is 0 Å². The first-order valence-electron chi connectivity index (χ1n) is 10.8. The highest BCUT2D eigenvalue weighted by Gasteiger charge is 2.43. The number of benzene rings is 1. The SMILES string of the molecule is CN1CCN(C(=O)[C@H]2CN(C(=O)CC(C)(C)C)C[C@H]2c2cccc(C(F)(F)F)c2)CC1. The Balaban J connectivity index is 1.88. The molecule has 0 unspecified atom stereocenters. The molecule has 2 saturated heterocycles. The summed E-state index contributed by atoms with van der Waals surface area (Å²) in [6.07, 6.45) is -4.12. The molecule has 3 rings (SSSR count). The smallest absolute Gasteiger partial charge is 0.341 e. The summed E-state index contributed by atoms with van der Waals surface area (Å²) in [5.41, 5.74) is -0.467. The second kappa shape index (κ2) is 8.81. The van der Waals surface area contributed by atoms with Crippen molar-refractivity contribution in [2.24, 2.45) is 11.3 Å². The predicted octanol–water partition coefficient (Wildman–Crippen LogP) is 3.46. The number of carbonyl (C=O) groups excluding carboxylic acids is 2. The maximum absolute atomic E-state index is 13.4. The largest absolute Gasteiger partial charge is 0.416 e. The van der Waals surface area contributed by atoms with E-state index in [4.69, 9.17) is 0 Å². The zero-order valence-electron chi connectivity index (χ0n) is 18.7. The van der Waals surface area contributed by atoms with Crippen LogP contribution in [-0.4, -0.2) is 72.8 Å². The maximum Gasteiger partial charge on any atom is 0.416 e. The summed E-state index contributed by atoms with van der Waals surface area (Å²) in [5, 5.41) is 0. The standard InChI is InChI=1S/C23H32F3N3O2/c1-22(2,3)13-20(30)29-14-18(16-6-5-7-17(12-16)23(24,25)26)19(15-29)21(31)28-10-8-27(4)9-11-28/h5-7,12,18-19H,8-11,13-15H2,1-4H3/t18-,19-/m0/s1. The van der Waals surface area contributed by atoms with Gasteiger partial charge in [-0.05, 0) is 24.1 Å². The lowest BCUT2D eigenvalue weighted by atomic mass is 9.87. The zero-order chi connectivity index (χ0) is 23.0. The van der Waals surface area contributed by atoms with E-state index < -0.39 is 23.6 Å². The van der Waals surface area contributed by atoms with E-state index >= 15 is 0 Å². The molecule has 2 heterocycles. The van der Waals surface area contributed by atoms with Crippen molar-refractivity contribution in [3.05, 3.63) is 35.4 Å². The fourth-order valence-corrected chi connectivity index (χ4v) is 4.37. The van der Waals surface area contributed by atoms with Crippen molar-refractivity contribution in [3.8, 4) is 0 Å². The van der Waals surface area contributed by atoms with Crippen LogP contribution in [0.5, 0.6) is 0 Å². The van der Waals surface area contributed by atoms with Crippen LogP contribution in [0.15, 0.2) is 24.3 Å². The summed E-state index contributed by atoms with van der Waals surface area (Å²) in [6, 6.07) is 5.20. The third-order valence-electron chi connectivity index (χ3n) is 6.13. The summed E-state index contributed by atoms with van der Waals surface area (Å²) in [4.78, 5) is 31.8. The van der Waals surface area contributed by atoms with Gasteiger partial charge < -0.3 is 14.7 Å². The zero-order valence-corrected chi connectivity index (χ0v) is 18.7. The van der Waals surface area contributed by atoms with Gasteiger partial charge in [-0.3, -0.25) is 9.59 Å². The molecular weight excluding hydrogens is 407 g/mol. The number of alkyl halides is 3. The predicted molar refractivity (Wildman–Crippen MR) is 112 cm³/mol. The minimum Gasteiger partial charge on any atom is -0.341 e. The van der Waals surface area contributed by atoms with E-state index in [-0.39, 0.29) is 30.3 Å². The van der Waals surface area contributed by atoms with Crippen LogP contribution in [0.2, 0.25) is 0 Å². The molecule has 0 radical (unpaired) electrons. The lowest BCUT2D eigenvalue weighted by Gasteiger charge is -2.35. The number of hydrogen-bond donors (Lipinski definition) is 0. The number of nitrogens with zero attached hydrogens (tertiary/aromatic N) is 3. The van der Waals surface area contributed by atoms with Crippen molar-refractivity contribution in [1.29, 1.82) is 0 Å². The summed E-state index contributed by atoms with van der Waals surface area (Å²) in [7, 11) is 2.00. The average Bonchev–Trinajstić information content (AvgIpc) is 3.12. The number of amides is 2. The van der Waals surface area contributed by atoms with Crippen molar-refractivity contribution < 1.29 is 22.8 Å². The number of likely N-dealkylation sites (tertiary alicyclic amines) is 1. The van der Waals surface area contributed by atoms with Gasteiger partial charge in [0.1, 0.15) is 0 Å². The number of likely N-dealkylation sites (N-methyl/N-ethyl adjacent to an activating group) is 1. The van der Waals surface area contributed by atoms with E-state index in [0.29, 0.717) is 25.1 Å². The number of halogens is 3. The van der Waals surface area contributed by atoms with Crippen molar-refractivity contribution in [2.75, 3.05) is 46.3 Å². The summed E-state index contributed by atoms with van der Waals surface area (Å²) >= 11 is 0. The molecule has 2 fully saturated rings. The monoisotopic (exact) mass is 439 g/mol. The molecule has 0 spiro atoms. The molecule has 1 aromatic carbocycles. The Kier molecular flexibility index (Phi) is 6.69. The molecular formula is C23H32F3N3O2. The minimum absolute atomic E-state index is 0.0573. The molecule has 31 heavy (non-hydrogen) atoms. The molecule has 2 atom stereocenters. The van der Waals surface area contributed by atoms with Gasteiger partial charge in [-0.15, -0.1) is 0 Å². The minimum atomic E-state index is -4.45. The molecule has 5 nitrogen and oxygen atoms in total. The van der Waals surface area contributed by atoms with Gasteiger partial charge >= 0.3 is 6.18 Å². The number of carbonyl (C=O) groups is 2. The Bertz CT molecular complexity index is 811. The van der Waals surface area contributed by atoms with Crippen LogP contribution in [0.1, 0.15) is 44.2 Å². The third-order valence-corrected chi connectivity index (χ3v) is 6.13. The number of hydrogen-bond acceptors (Lipinski definition) is 3. The summed E-state index contributed by atoms with van der Waals surface area (Å²) in [6.45, 7) is 9.14. The maximum atomic E-state index is 13.4. The fraction of sp³-hybridized carbons (Fsp3) is 0.652. The quantitative estimate of drug-likeness (QED) is 0.725. The first-order chi connectivity index (χ1) is 14.3. The number of piperazine rings is 1. The highest BCUT2D eigenvalue weighted by atomic mass is 19.4. The Morgan fingerprint density at radius 1 is 1.00 bits per heavy atom. The molecule has 0 saturated carbocycles. The van der Waals surface area contributed by atoms with Gasteiger partial charge in [0.15, 0.2) is 0 Å². The highest BCUT2D eigenvalue weighted by Crippen LogP contribution is 2.38. The molecule has 0 N–H and O–H groups in total. The molecule has 2 aliphatic rings. The second-order valence-corrected chi connectivity index (χ2v) is 10.0. The second-order valence-electron chi connectivity index (χ2n) is 10.0. The van der Waals surface area contributed by atoms with Crippen molar-refractivity contribution in [3.63, 3.8) is 0 Å². The Labute approximate surface area is 182 Å². The van der Waals surface area contributed by atoms with E-state index in [0.717, 1.165) is 25.2 Å². The van der Waals surface area contributed by atoms with Crippen molar-refractivity contribution >= 4 is 11.8 Å². The van der Waals surface area contributed by atoms with E-state index in [2.05, 4.69) is 4.90 Å². The lowest BCUT2D eigenvalue weighted by molar-refractivity contribution is -0.138. The molecule has 0 aromatic heterocycles. The Morgan fingerprint density at radius 2 is 1.65 bits per heavy atom. The molecule has 172 valence electrons. The van der Waals surface area contributed by atoms with E-state index in [1.807, 2.05) is 27.8 Å². The summed E-state index contributed by atoms with van der Waals surface area (Å²) in [5.74, 6) is -1.10. The number of rotatable bonds is 3. The summed E-state index contributed by atoms with van der Waals surface area (Å²) < 4.78 is 39.9. The van der Waals surface area contributed by atoms with E-state index in [1.54, 1.807) is 15.9 Å². The van der Waals surface area contributed by atoms with E-state index in [1.165, 1.54) is 6.07 Å². The fourth-order valence-electron chi connectivity index (χ4n) is 4.37. The lowest BCUT2D eigenvalue weighted by Crippen LogP contribution is -2.50. The van der Waals surface area contributed by atoms with Gasteiger partial charge in [0, 0.05) is 51.6 Å². The van der Waals surface area contributed by atoms with Crippen LogP contribution in [0, 0.1) is 11.3 Å². The van der Waals surface area contributed by atoms with Crippen molar-refractivity contribution in [1.82, 2.24) is 14.7 Å². The van der Waals surface area contributed by atoms with Gasteiger partial charge in [0.25, 0.3) is 0 Å². The Morgan fingerprint density at radius 3 is 2.23 bits per heavy atom. The van der Waals surface area contributed by atoms with Crippen LogP contribution in [-0.2, 0) is 15.8 Å². The van der Waals surface area contributed by atoms with Gasteiger partial charge in [-0.2, -0.15) is 13.2 Å². The average molecular weight is 440 g/mol. The van der Waals surface area contributed by atoms with E-state index in [9.17, 15) is 22.8 Å². The van der Waals surface area contributed by atoms with Gasteiger partial charge in [0.2, 0.25) is 11.8 Å². The van der Waals surface area contributed by atoms with Gasteiger partial charge in [0.05, 0.1) is 11.5 Å². The molecule has 2 amide bonds. The topological polar surface area (TPSA) is 43.9 Å². The molecule has 1 aromatic rings. The molecule has 8 heteroatoms. The van der Waals surface area contributed by atoms with Crippen LogP contribution in [0.3, 0.4) is 0 Å². The first kappa shape index (κ1) is 23.6. The first-order valence-corrected chi connectivity index (χ1v) is 10.8. The van der Waals surface area contributed by atoms with Gasteiger partial charge in [-0.25, -0.2) is 0 Å². The molecule has 2 aliphatic heterocycles. The Hall–Kier alpha value is -2.09. The van der Waals surface area contributed by atoms with Crippen LogP contribution in [0.25, 0.3) is 0 Å².